The minimum atomic E-state index is -0.230. The Morgan fingerprint density at radius 2 is 1.77 bits per heavy atom. The largest absolute Gasteiger partial charge is 0.426 e. The number of likely N-dealkylation sites (tertiary alicyclic amines) is 1. The van der Waals surface area contributed by atoms with Crippen molar-refractivity contribution >= 4 is 11.9 Å². The number of aromatic nitrogens is 2. The monoisotopic (exact) mass is 355 g/mol. The second-order valence-corrected chi connectivity index (χ2v) is 6.96. The Labute approximate surface area is 151 Å². The van der Waals surface area contributed by atoms with Crippen molar-refractivity contribution in [3.05, 3.63) is 30.2 Å². The van der Waals surface area contributed by atoms with Crippen LogP contribution in [0.4, 0.5) is 0 Å². The molecule has 0 atom stereocenters. The maximum absolute atomic E-state index is 12.4. The number of piperidine rings is 1. The number of carbonyl (C=O) groups excluding carboxylic acids is 2. The highest BCUT2D eigenvalue weighted by molar-refractivity contribution is 5.81. The SMILES string of the molecule is Cc1nc(-c2ccc(OC(=O)C3CCN(C(=O)C4CC4)CC3)cc2)no1. The second kappa shape index (κ2) is 6.90. The molecular formula is C19H21N3O4. The normalized spacial score (nSPS) is 18.0. The fraction of sp³-hybridized carbons (Fsp3) is 0.474. The summed E-state index contributed by atoms with van der Waals surface area (Å²) in [5.74, 6) is 1.61. The molecule has 2 heterocycles. The van der Waals surface area contributed by atoms with E-state index in [9.17, 15) is 9.59 Å². The first-order valence-corrected chi connectivity index (χ1v) is 9.01. The number of benzene rings is 1. The molecule has 1 aromatic heterocycles. The summed E-state index contributed by atoms with van der Waals surface area (Å²) >= 11 is 0. The van der Waals surface area contributed by atoms with Crippen LogP contribution in [0.3, 0.4) is 0 Å². The topological polar surface area (TPSA) is 85.5 Å². The summed E-state index contributed by atoms with van der Waals surface area (Å²) in [6.07, 6.45) is 3.36. The lowest BCUT2D eigenvalue weighted by molar-refractivity contribution is -0.143. The van der Waals surface area contributed by atoms with Gasteiger partial charge in [0.25, 0.3) is 0 Å². The van der Waals surface area contributed by atoms with Crippen LogP contribution in [0.15, 0.2) is 28.8 Å². The average molecular weight is 355 g/mol. The Kier molecular flexibility index (Phi) is 4.44. The van der Waals surface area contributed by atoms with Crippen molar-refractivity contribution in [2.24, 2.45) is 11.8 Å². The molecule has 2 aliphatic rings. The zero-order chi connectivity index (χ0) is 18.1. The van der Waals surface area contributed by atoms with E-state index in [1.165, 1.54) is 0 Å². The van der Waals surface area contributed by atoms with E-state index >= 15 is 0 Å². The van der Waals surface area contributed by atoms with Gasteiger partial charge in [-0.05, 0) is 49.9 Å². The van der Waals surface area contributed by atoms with Crippen molar-refractivity contribution in [3.63, 3.8) is 0 Å². The number of rotatable bonds is 4. The van der Waals surface area contributed by atoms with Gasteiger partial charge in [0.05, 0.1) is 5.92 Å². The van der Waals surface area contributed by atoms with Crippen LogP contribution in [0.25, 0.3) is 11.4 Å². The first kappa shape index (κ1) is 16.8. The van der Waals surface area contributed by atoms with Crippen molar-refractivity contribution in [3.8, 4) is 17.1 Å². The number of amides is 1. The highest BCUT2D eigenvalue weighted by atomic mass is 16.5. The Bertz CT molecular complexity index is 802. The molecule has 136 valence electrons. The molecule has 1 aromatic carbocycles. The quantitative estimate of drug-likeness (QED) is 0.619. The zero-order valence-electron chi connectivity index (χ0n) is 14.7. The Morgan fingerprint density at radius 3 is 2.35 bits per heavy atom. The van der Waals surface area contributed by atoms with Gasteiger partial charge in [-0.2, -0.15) is 4.98 Å². The fourth-order valence-electron chi connectivity index (χ4n) is 3.21. The van der Waals surface area contributed by atoms with Gasteiger partial charge >= 0.3 is 5.97 Å². The molecule has 0 N–H and O–H groups in total. The van der Waals surface area contributed by atoms with Crippen LogP contribution < -0.4 is 4.74 Å². The second-order valence-electron chi connectivity index (χ2n) is 6.96. The van der Waals surface area contributed by atoms with E-state index in [1.807, 2.05) is 4.90 Å². The number of esters is 1. The molecule has 7 nitrogen and oxygen atoms in total. The molecular weight excluding hydrogens is 334 g/mol. The van der Waals surface area contributed by atoms with E-state index in [-0.39, 0.29) is 23.7 Å². The number of nitrogens with zero attached hydrogens (tertiary/aromatic N) is 3. The van der Waals surface area contributed by atoms with Gasteiger partial charge in [-0.3, -0.25) is 9.59 Å². The van der Waals surface area contributed by atoms with E-state index in [2.05, 4.69) is 10.1 Å². The third kappa shape index (κ3) is 3.61. The molecule has 0 bridgehead atoms. The molecule has 0 radical (unpaired) electrons. The summed E-state index contributed by atoms with van der Waals surface area (Å²) in [6, 6.07) is 7.04. The van der Waals surface area contributed by atoms with Gasteiger partial charge in [-0.25, -0.2) is 0 Å². The lowest BCUT2D eigenvalue weighted by Gasteiger charge is -2.31. The summed E-state index contributed by atoms with van der Waals surface area (Å²) in [6.45, 7) is 3.02. The molecule has 1 aliphatic carbocycles. The third-order valence-electron chi connectivity index (χ3n) is 4.93. The van der Waals surface area contributed by atoms with Gasteiger partial charge in [0.1, 0.15) is 5.75 Å². The van der Waals surface area contributed by atoms with Crippen LogP contribution in [0, 0.1) is 18.8 Å². The molecule has 1 saturated carbocycles. The smallest absolute Gasteiger partial charge is 0.314 e. The molecule has 1 amide bonds. The first-order chi connectivity index (χ1) is 12.6. The molecule has 1 aliphatic heterocycles. The maximum atomic E-state index is 12.4. The van der Waals surface area contributed by atoms with Gasteiger partial charge in [-0.1, -0.05) is 5.16 Å². The van der Waals surface area contributed by atoms with Crippen molar-refractivity contribution in [1.29, 1.82) is 0 Å². The summed E-state index contributed by atoms with van der Waals surface area (Å²) < 4.78 is 10.5. The Hall–Kier alpha value is -2.70. The van der Waals surface area contributed by atoms with Gasteiger partial charge < -0.3 is 14.2 Å². The highest BCUT2D eigenvalue weighted by Gasteiger charge is 2.36. The highest BCUT2D eigenvalue weighted by Crippen LogP contribution is 2.32. The van der Waals surface area contributed by atoms with E-state index in [4.69, 9.17) is 9.26 Å². The fourth-order valence-corrected chi connectivity index (χ4v) is 3.21. The first-order valence-electron chi connectivity index (χ1n) is 9.01. The predicted molar refractivity (Wildman–Crippen MR) is 92.1 cm³/mol. The van der Waals surface area contributed by atoms with Crippen molar-refractivity contribution < 1.29 is 18.8 Å². The standard InChI is InChI=1S/C19H21N3O4/c1-12-20-17(21-26-12)13-4-6-16(7-5-13)25-19(24)15-8-10-22(11-9-15)18(23)14-2-3-14/h4-7,14-15H,2-3,8-11H2,1H3. The number of aryl methyl sites for hydroxylation is 1. The maximum Gasteiger partial charge on any atom is 0.314 e. The van der Waals surface area contributed by atoms with Gasteiger partial charge in [0.2, 0.25) is 17.6 Å². The summed E-state index contributed by atoms with van der Waals surface area (Å²) in [4.78, 5) is 30.5. The summed E-state index contributed by atoms with van der Waals surface area (Å²) in [5.41, 5.74) is 0.800. The molecule has 7 heteroatoms. The molecule has 1 saturated heterocycles. The zero-order valence-corrected chi connectivity index (χ0v) is 14.7. The molecule has 0 unspecified atom stereocenters. The average Bonchev–Trinajstić information content (AvgIpc) is 3.43. The van der Waals surface area contributed by atoms with Crippen LogP contribution in [-0.4, -0.2) is 40.0 Å². The lowest BCUT2D eigenvalue weighted by Crippen LogP contribution is -2.41. The minimum Gasteiger partial charge on any atom is -0.426 e. The van der Waals surface area contributed by atoms with Crippen LogP contribution in [-0.2, 0) is 9.59 Å². The van der Waals surface area contributed by atoms with Crippen molar-refractivity contribution in [2.75, 3.05) is 13.1 Å². The number of carbonyl (C=O) groups is 2. The molecule has 2 fully saturated rings. The Morgan fingerprint density at radius 1 is 1.08 bits per heavy atom. The van der Waals surface area contributed by atoms with Crippen LogP contribution in [0.2, 0.25) is 0 Å². The molecule has 2 aromatic rings. The van der Waals surface area contributed by atoms with E-state index < -0.39 is 0 Å². The summed E-state index contributed by atoms with van der Waals surface area (Å²) in [7, 11) is 0. The van der Waals surface area contributed by atoms with Gasteiger partial charge in [0, 0.05) is 31.5 Å². The van der Waals surface area contributed by atoms with E-state index in [0.29, 0.717) is 43.4 Å². The Balaban J connectivity index is 1.31. The minimum absolute atomic E-state index is 0.155. The lowest BCUT2D eigenvalue weighted by atomic mass is 9.96. The molecule has 26 heavy (non-hydrogen) atoms. The van der Waals surface area contributed by atoms with Crippen molar-refractivity contribution in [2.45, 2.75) is 32.6 Å². The number of hydrogen-bond donors (Lipinski definition) is 0. The van der Waals surface area contributed by atoms with Crippen molar-refractivity contribution in [1.82, 2.24) is 15.0 Å². The van der Waals surface area contributed by atoms with Crippen LogP contribution in [0.5, 0.6) is 5.75 Å². The predicted octanol–water partition coefficient (Wildman–Crippen LogP) is 2.60. The van der Waals surface area contributed by atoms with E-state index in [1.54, 1.807) is 31.2 Å². The van der Waals surface area contributed by atoms with Crippen LogP contribution in [0.1, 0.15) is 31.6 Å². The molecule has 4 rings (SSSR count). The van der Waals surface area contributed by atoms with E-state index in [0.717, 1.165) is 18.4 Å². The number of ether oxygens (including phenoxy) is 1. The molecule has 0 spiro atoms. The van der Waals surface area contributed by atoms with Gasteiger partial charge in [-0.15, -0.1) is 0 Å². The van der Waals surface area contributed by atoms with Gasteiger partial charge in [0.15, 0.2) is 0 Å². The number of hydrogen-bond acceptors (Lipinski definition) is 6. The van der Waals surface area contributed by atoms with Crippen LogP contribution >= 0.6 is 0 Å². The third-order valence-corrected chi connectivity index (χ3v) is 4.93. The summed E-state index contributed by atoms with van der Waals surface area (Å²) in [5, 5.41) is 3.86.